The van der Waals surface area contributed by atoms with Crippen LogP contribution in [0.3, 0.4) is 0 Å². The molecule has 1 amide bonds. The maximum Gasteiger partial charge on any atom is 0.225 e. The third-order valence-corrected chi connectivity index (χ3v) is 7.86. The quantitative estimate of drug-likeness (QED) is 0.549. The molecular formula is C27H30ClN3O. The molecule has 4 nitrogen and oxygen atoms in total. The molecule has 6 rings (SSSR count). The van der Waals surface area contributed by atoms with Gasteiger partial charge < -0.3 is 5.32 Å². The second-order valence-electron chi connectivity index (χ2n) is 9.25. The van der Waals surface area contributed by atoms with Crippen molar-refractivity contribution in [3.8, 4) is 0 Å². The number of benzene rings is 2. The van der Waals surface area contributed by atoms with Crippen molar-refractivity contribution in [3.05, 3.63) is 76.9 Å². The number of fused-ring (bicyclic) bond motifs is 4. The molecule has 1 aromatic heterocycles. The Bertz CT molecular complexity index is 1110. The van der Waals surface area contributed by atoms with Crippen molar-refractivity contribution in [2.45, 2.75) is 44.7 Å². The van der Waals surface area contributed by atoms with Crippen molar-refractivity contribution in [1.29, 1.82) is 0 Å². The fourth-order valence-corrected chi connectivity index (χ4v) is 6.00. The first kappa shape index (κ1) is 21.4. The smallest absolute Gasteiger partial charge is 0.225 e. The zero-order chi connectivity index (χ0) is 22.1. The maximum absolute atomic E-state index is 13.2. The average Bonchev–Trinajstić information content (AvgIpc) is 2.84. The molecule has 0 radical (unpaired) electrons. The molecular weight excluding hydrogens is 418 g/mol. The number of carbonyl (C=O) groups is 1. The van der Waals surface area contributed by atoms with Crippen molar-refractivity contribution in [3.63, 3.8) is 0 Å². The first-order valence-electron chi connectivity index (χ1n) is 11.7. The zero-order valence-corrected chi connectivity index (χ0v) is 19.3. The third kappa shape index (κ3) is 4.14. The van der Waals surface area contributed by atoms with Gasteiger partial charge in [0.25, 0.3) is 0 Å². The highest BCUT2D eigenvalue weighted by molar-refractivity contribution is 6.31. The van der Waals surface area contributed by atoms with Gasteiger partial charge in [0.1, 0.15) is 0 Å². The molecule has 0 aliphatic carbocycles. The lowest BCUT2D eigenvalue weighted by Crippen LogP contribution is -2.57. The summed E-state index contributed by atoms with van der Waals surface area (Å²) in [6.45, 7) is 4.55. The number of carbonyl (C=O) groups excluding carboxylic acids is 1. The summed E-state index contributed by atoms with van der Waals surface area (Å²) < 4.78 is 0. The lowest BCUT2D eigenvalue weighted by atomic mass is 9.72. The number of aromatic nitrogens is 1. The molecule has 2 aromatic carbocycles. The van der Waals surface area contributed by atoms with Crippen molar-refractivity contribution in [1.82, 2.24) is 15.2 Å². The minimum atomic E-state index is -0.0708. The van der Waals surface area contributed by atoms with Gasteiger partial charge >= 0.3 is 0 Å². The molecule has 5 heteroatoms. The number of para-hydroxylation sites is 1. The van der Waals surface area contributed by atoms with Gasteiger partial charge in [0.15, 0.2) is 0 Å². The van der Waals surface area contributed by atoms with Gasteiger partial charge in [-0.15, -0.1) is 0 Å². The standard InChI is InChI=1S/C27H30ClN3O/c1-2-18-17-31-14-12-19(18)15-25(31)27(22-11-13-29-24-10-6-4-8-21(22)24)30-26(32)16-20-7-3-5-9-23(20)28/h3-11,13,18-19,25,27H,2,12,14-17H2,1H3,(H,30,32). The highest BCUT2D eigenvalue weighted by atomic mass is 35.5. The fraction of sp³-hybridized carbons (Fsp3) is 0.407. The summed E-state index contributed by atoms with van der Waals surface area (Å²) in [6.07, 6.45) is 5.79. The fourth-order valence-electron chi connectivity index (χ4n) is 5.80. The number of halogens is 1. The molecule has 3 aliphatic heterocycles. The number of hydrogen-bond acceptors (Lipinski definition) is 3. The Balaban J connectivity index is 1.48. The van der Waals surface area contributed by atoms with E-state index in [0.717, 1.165) is 53.4 Å². The van der Waals surface area contributed by atoms with E-state index >= 15 is 0 Å². The van der Waals surface area contributed by atoms with Crippen molar-refractivity contribution in [2.75, 3.05) is 13.1 Å². The molecule has 3 saturated heterocycles. The molecule has 3 aromatic rings. The Morgan fingerprint density at radius 3 is 2.78 bits per heavy atom. The average molecular weight is 448 g/mol. The van der Waals surface area contributed by atoms with E-state index < -0.39 is 0 Å². The Morgan fingerprint density at radius 2 is 2.00 bits per heavy atom. The van der Waals surface area contributed by atoms with Gasteiger partial charge in [-0.05, 0) is 60.5 Å². The van der Waals surface area contributed by atoms with Crippen LogP contribution < -0.4 is 5.32 Å². The number of amides is 1. The van der Waals surface area contributed by atoms with E-state index in [2.05, 4.69) is 40.3 Å². The van der Waals surface area contributed by atoms with Crippen molar-refractivity contribution >= 4 is 28.4 Å². The SMILES string of the molecule is CCC1CN2CCC1CC2C(NC(=O)Cc1ccccc1Cl)c1ccnc2ccccc12. The van der Waals surface area contributed by atoms with E-state index in [4.69, 9.17) is 11.6 Å². The first-order chi connectivity index (χ1) is 15.6. The molecule has 5 unspecified atom stereocenters. The number of hydrogen-bond donors (Lipinski definition) is 1. The second-order valence-corrected chi connectivity index (χ2v) is 9.65. The van der Waals surface area contributed by atoms with Gasteiger partial charge in [0, 0.05) is 29.2 Å². The van der Waals surface area contributed by atoms with Crippen molar-refractivity contribution in [2.24, 2.45) is 11.8 Å². The molecule has 5 atom stereocenters. The summed E-state index contributed by atoms with van der Waals surface area (Å²) in [5, 5.41) is 5.18. The highest BCUT2D eigenvalue weighted by Gasteiger charge is 2.43. The van der Waals surface area contributed by atoms with Gasteiger partial charge in [-0.25, -0.2) is 0 Å². The number of piperidine rings is 3. The lowest BCUT2D eigenvalue weighted by molar-refractivity contribution is -0.122. The van der Waals surface area contributed by atoms with Crippen LogP contribution in [-0.4, -0.2) is 34.9 Å². The number of pyridine rings is 1. The normalized spacial score (nSPS) is 25.6. The van der Waals surface area contributed by atoms with E-state index in [0.29, 0.717) is 11.1 Å². The molecule has 2 bridgehead atoms. The second kappa shape index (κ2) is 9.21. The first-order valence-corrected chi connectivity index (χ1v) is 12.1. The molecule has 0 spiro atoms. The number of nitrogens with zero attached hydrogens (tertiary/aromatic N) is 2. The summed E-state index contributed by atoms with van der Waals surface area (Å²) in [7, 11) is 0. The van der Waals surface area contributed by atoms with Crippen LogP contribution in [0.2, 0.25) is 5.02 Å². The van der Waals surface area contributed by atoms with Crippen LogP contribution >= 0.6 is 11.6 Å². The molecule has 4 heterocycles. The van der Waals surface area contributed by atoms with Gasteiger partial charge in [-0.1, -0.05) is 61.3 Å². The lowest BCUT2D eigenvalue weighted by Gasteiger charge is -2.52. The minimum absolute atomic E-state index is 0.0127. The molecule has 3 aliphatic rings. The summed E-state index contributed by atoms with van der Waals surface area (Å²) >= 11 is 6.34. The molecule has 166 valence electrons. The summed E-state index contributed by atoms with van der Waals surface area (Å²) in [5.74, 6) is 1.53. The van der Waals surface area contributed by atoms with E-state index in [1.54, 1.807) is 0 Å². The summed E-state index contributed by atoms with van der Waals surface area (Å²) in [4.78, 5) is 20.4. The predicted molar refractivity (Wildman–Crippen MR) is 130 cm³/mol. The Kier molecular flexibility index (Phi) is 6.16. The van der Waals surface area contributed by atoms with Gasteiger partial charge in [0.2, 0.25) is 5.91 Å². The van der Waals surface area contributed by atoms with E-state index in [9.17, 15) is 4.79 Å². The monoisotopic (exact) mass is 447 g/mol. The van der Waals surface area contributed by atoms with Crippen LogP contribution in [0.25, 0.3) is 10.9 Å². The molecule has 1 N–H and O–H groups in total. The Hall–Kier alpha value is -2.43. The zero-order valence-electron chi connectivity index (χ0n) is 18.5. The summed E-state index contributed by atoms with van der Waals surface area (Å²) in [6, 6.07) is 18.1. The van der Waals surface area contributed by atoms with Gasteiger partial charge in [-0.2, -0.15) is 0 Å². The molecule has 32 heavy (non-hydrogen) atoms. The predicted octanol–water partition coefficient (Wildman–Crippen LogP) is 5.41. The summed E-state index contributed by atoms with van der Waals surface area (Å²) in [5.41, 5.74) is 2.99. The number of nitrogens with one attached hydrogen (secondary N) is 1. The van der Waals surface area contributed by atoms with Crippen LogP contribution in [0, 0.1) is 11.8 Å². The van der Waals surface area contributed by atoms with Crippen molar-refractivity contribution < 1.29 is 4.79 Å². The van der Waals surface area contributed by atoms with Gasteiger partial charge in [-0.3, -0.25) is 14.7 Å². The van der Waals surface area contributed by atoms with Crippen LogP contribution in [0.5, 0.6) is 0 Å². The molecule has 0 saturated carbocycles. The van der Waals surface area contributed by atoms with Crippen LogP contribution in [-0.2, 0) is 11.2 Å². The van der Waals surface area contributed by atoms with E-state index in [1.807, 2.05) is 42.6 Å². The van der Waals surface area contributed by atoms with E-state index in [-0.39, 0.29) is 18.4 Å². The highest BCUT2D eigenvalue weighted by Crippen LogP contribution is 2.42. The Labute approximate surface area is 195 Å². The largest absolute Gasteiger partial charge is 0.347 e. The molecule has 3 fully saturated rings. The maximum atomic E-state index is 13.2. The van der Waals surface area contributed by atoms with Crippen LogP contribution in [0.15, 0.2) is 60.8 Å². The van der Waals surface area contributed by atoms with Gasteiger partial charge in [0.05, 0.1) is 18.0 Å². The van der Waals surface area contributed by atoms with Crippen LogP contribution in [0.4, 0.5) is 0 Å². The Morgan fingerprint density at radius 1 is 1.19 bits per heavy atom. The van der Waals surface area contributed by atoms with E-state index in [1.165, 1.54) is 12.8 Å². The topological polar surface area (TPSA) is 45.2 Å². The van der Waals surface area contributed by atoms with Crippen LogP contribution in [0.1, 0.15) is 43.4 Å². The number of rotatable bonds is 6. The third-order valence-electron chi connectivity index (χ3n) is 7.49. The minimum Gasteiger partial charge on any atom is -0.347 e.